The third kappa shape index (κ3) is 5.96. The Balaban J connectivity index is 1.37. The van der Waals surface area contributed by atoms with Crippen LogP contribution in [0.1, 0.15) is 91.5 Å². The molecule has 0 heterocycles. The molecule has 0 radical (unpaired) electrons. The molecule has 0 aliphatic heterocycles. The smallest absolute Gasteiger partial charge is 0.278 e. The molecular weight excluding hydrogens is 622 g/mol. The van der Waals surface area contributed by atoms with Crippen molar-refractivity contribution >= 4 is 11.5 Å². The number of aliphatic hydroxyl groups is 5. The highest BCUT2D eigenvalue weighted by Crippen LogP contribution is 2.68. The fourth-order valence-corrected chi connectivity index (χ4v) is 9.88. The standard InChI is InChI=1S/C36H53NO11/c1-32(2,41)11-10-31(40)35(5,42)30-9-13-36(43)22-15-25(38)23-16-27(26(39)18-33(23,3)21(22)8-12-34(30,36)4)48-19-20-14-28(46-6)29(47-7)17-24(20)37(44)45/h14-15,17,21,23,26-27,30-31,39-43H,8-13,16,18-19H2,1-7H3/t21?,23?,26-,27+,30?,31+,33+,34+,35+,36+/m0/s1. The van der Waals surface area contributed by atoms with Crippen LogP contribution in [0.3, 0.4) is 0 Å². The van der Waals surface area contributed by atoms with Gasteiger partial charge in [-0.15, -0.1) is 0 Å². The Morgan fingerprint density at radius 3 is 2.31 bits per heavy atom. The van der Waals surface area contributed by atoms with E-state index in [0.717, 1.165) is 0 Å². The number of carbonyl (C=O) groups is 1. The number of fused-ring (bicyclic) bond motifs is 5. The number of nitro groups is 1. The molecule has 1 aromatic carbocycles. The third-order valence-electron chi connectivity index (χ3n) is 12.7. The lowest BCUT2D eigenvalue weighted by atomic mass is 9.45. The zero-order valence-electron chi connectivity index (χ0n) is 29.2. The van der Waals surface area contributed by atoms with Crippen LogP contribution in [0.2, 0.25) is 0 Å². The summed E-state index contributed by atoms with van der Waals surface area (Å²) in [6, 6.07) is 2.75. The summed E-state index contributed by atoms with van der Waals surface area (Å²) >= 11 is 0. The number of ketones is 1. The van der Waals surface area contributed by atoms with Crippen LogP contribution < -0.4 is 9.47 Å². The number of methoxy groups -OCH3 is 2. The molecule has 0 bridgehead atoms. The van der Waals surface area contributed by atoms with Gasteiger partial charge >= 0.3 is 0 Å². The van der Waals surface area contributed by atoms with Gasteiger partial charge in [-0.1, -0.05) is 13.8 Å². The molecule has 12 heteroatoms. The van der Waals surface area contributed by atoms with Crippen molar-refractivity contribution < 1.29 is 49.5 Å². The molecule has 3 unspecified atom stereocenters. The average Bonchev–Trinajstić information content (AvgIpc) is 3.29. The van der Waals surface area contributed by atoms with E-state index in [4.69, 9.17) is 14.2 Å². The summed E-state index contributed by atoms with van der Waals surface area (Å²) in [6.07, 6.45) is 1.72. The molecule has 4 aliphatic carbocycles. The lowest BCUT2D eigenvalue weighted by Crippen LogP contribution is -2.63. The van der Waals surface area contributed by atoms with Gasteiger partial charge in [-0.3, -0.25) is 14.9 Å². The maximum atomic E-state index is 14.0. The first kappa shape index (κ1) is 36.7. The molecule has 4 aliphatic rings. The van der Waals surface area contributed by atoms with Crippen LogP contribution in [0.25, 0.3) is 0 Å². The normalized spacial score (nSPS) is 36.6. The molecule has 5 rings (SSSR count). The van der Waals surface area contributed by atoms with Crippen LogP contribution >= 0.6 is 0 Å². The first-order valence-corrected chi connectivity index (χ1v) is 17.0. The fraction of sp³-hybridized carbons (Fsp3) is 0.750. The molecule has 0 amide bonds. The zero-order chi connectivity index (χ0) is 35.6. The number of aliphatic hydroxyl groups excluding tert-OH is 2. The summed E-state index contributed by atoms with van der Waals surface area (Å²) in [4.78, 5) is 25.2. The van der Waals surface area contributed by atoms with Crippen LogP contribution in [-0.2, 0) is 16.1 Å². The molecule has 48 heavy (non-hydrogen) atoms. The number of nitrogens with zero attached hydrogens (tertiary/aromatic N) is 1. The highest BCUT2D eigenvalue weighted by Gasteiger charge is 2.69. The highest BCUT2D eigenvalue weighted by atomic mass is 16.6. The van der Waals surface area contributed by atoms with Gasteiger partial charge in [0.25, 0.3) is 5.69 Å². The van der Waals surface area contributed by atoms with E-state index in [2.05, 4.69) is 0 Å². The Morgan fingerprint density at radius 1 is 1.06 bits per heavy atom. The highest BCUT2D eigenvalue weighted by molar-refractivity contribution is 5.95. The van der Waals surface area contributed by atoms with Gasteiger partial charge in [-0.05, 0) is 107 Å². The number of carbonyl (C=O) groups excluding carboxylic acids is 1. The van der Waals surface area contributed by atoms with Crippen LogP contribution in [0, 0.1) is 38.7 Å². The van der Waals surface area contributed by atoms with Gasteiger partial charge in [0.2, 0.25) is 0 Å². The van der Waals surface area contributed by atoms with Crippen LogP contribution in [0.5, 0.6) is 11.5 Å². The number of hydrogen-bond acceptors (Lipinski definition) is 11. The first-order chi connectivity index (χ1) is 22.2. The average molecular weight is 676 g/mol. The Bertz CT molecular complexity index is 1450. The predicted octanol–water partition coefficient (Wildman–Crippen LogP) is 4.00. The molecule has 0 aromatic heterocycles. The van der Waals surface area contributed by atoms with E-state index in [0.29, 0.717) is 43.4 Å². The topological polar surface area (TPSA) is 189 Å². The van der Waals surface area contributed by atoms with E-state index >= 15 is 0 Å². The third-order valence-corrected chi connectivity index (χ3v) is 12.7. The van der Waals surface area contributed by atoms with Crippen molar-refractivity contribution in [3.63, 3.8) is 0 Å². The number of hydrogen-bond donors (Lipinski definition) is 5. The van der Waals surface area contributed by atoms with Gasteiger partial charge in [0.1, 0.15) is 0 Å². The largest absolute Gasteiger partial charge is 0.493 e. The first-order valence-electron chi connectivity index (χ1n) is 17.0. The van der Waals surface area contributed by atoms with Crippen molar-refractivity contribution in [2.24, 2.45) is 28.6 Å². The number of rotatable bonds is 11. The monoisotopic (exact) mass is 675 g/mol. The van der Waals surface area contributed by atoms with E-state index < -0.39 is 62.7 Å². The second-order valence-electron chi connectivity index (χ2n) is 16.1. The van der Waals surface area contributed by atoms with Crippen molar-refractivity contribution in [2.45, 2.75) is 128 Å². The molecule has 5 N–H and O–H groups in total. The molecule has 3 saturated carbocycles. The lowest BCUT2D eigenvalue weighted by molar-refractivity contribution is -0.386. The van der Waals surface area contributed by atoms with Gasteiger partial charge in [0.15, 0.2) is 17.3 Å². The number of allylic oxidation sites excluding steroid dienone is 1. The summed E-state index contributed by atoms with van der Waals surface area (Å²) in [5.41, 5.74) is -4.69. The SMILES string of the molecule is COc1cc(CO[C@@H]2CC3C(=O)C=C4C(CC[C@]5(C)C([C@@](C)(O)[C@H](O)CCC(C)(C)O)CC[C@@]45O)[C@@]3(C)C[C@@H]2O)c([N+](=O)[O-])cc1OC. The predicted molar refractivity (Wildman–Crippen MR) is 175 cm³/mol. The van der Waals surface area contributed by atoms with E-state index in [1.807, 2.05) is 13.8 Å². The van der Waals surface area contributed by atoms with E-state index in [-0.39, 0.29) is 54.6 Å². The Morgan fingerprint density at radius 2 is 1.71 bits per heavy atom. The van der Waals surface area contributed by atoms with Gasteiger partial charge in [-0.25, -0.2) is 0 Å². The summed E-state index contributed by atoms with van der Waals surface area (Å²) in [5.74, 6) is -0.771. The minimum atomic E-state index is -1.53. The van der Waals surface area contributed by atoms with Crippen LogP contribution in [-0.4, -0.2) is 85.6 Å². The summed E-state index contributed by atoms with van der Waals surface area (Å²) in [6.45, 7) is 8.70. The summed E-state index contributed by atoms with van der Waals surface area (Å²) < 4.78 is 16.6. The minimum Gasteiger partial charge on any atom is -0.493 e. The molecule has 1 aromatic rings. The van der Waals surface area contributed by atoms with E-state index in [1.54, 1.807) is 26.8 Å². The van der Waals surface area contributed by atoms with Gasteiger partial charge in [-0.2, -0.15) is 0 Å². The van der Waals surface area contributed by atoms with Crippen LogP contribution in [0.4, 0.5) is 5.69 Å². The molecule has 0 saturated heterocycles. The number of nitro benzene ring substituents is 1. The second-order valence-corrected chi connectivity index (χ2v) is 16.1. The molecule has 12 nitrogen and oxygen atoms in total. The van der Waals surface area contributed by atoms with Crippen molar-refractivity contribution in [1.29, 1.82) is 0 Å². The molecule has 0 spiro atoms. The second kappa shape index (κ2) is 12.6. The van der Waals surface area contributed by atoms with Crippen molar-refractivity contribution in [3.05, 3.63) is 39.5 Å². The Hall–Kier alpha value is -2.61. The van der Waals surface area contributed by atoms with Gasteiger partial charge < -0.3 is 39.7 Å². The molecule has 10 atom stereocenters. The molecule has 3 fully saturated rings. The maximum Gasteiger partial charge on any atom is 0.278 e. The summed E-state index contributed by atoms with van der Waals surface area (Å²) in [5, 5.41) is 68.9. The van der Waals surface area contributed by atoms with Crippen LogP contribution in [0.15, 0.2) is 23.8 Å². The molecular formula is C36H53NO11. The maximum absolute atomic E-state index is 14.0. The van der Waals surface area contributed by atoms with Gasteiger partial charge in [0.05, 0.1) is 72.5 Å². The number of benzene rings is 1. The van der Waals surface area contributed by atoms with Crippen molar-refractivity contribution in [3.8, 4) is 11.5 Å². The quantitative estimate of drug-likeness (QED) is 0.168. The minimum absolute atomic E-state index is 0.153. The fourth-order valence-electron chi connectivity index (χ4n) is 9.88. The van der Waals surface area contributed by atoms with Crippen molar-refractivity contribution in [2.75, 3.05) is 14.2 Å². The van der Waals surface area contributed by atoms with E-state index in [1.165, 1.54) is 26.4 Å². The zero-order valence-corrected chi connectivity index (χ0v) is 29.2. The van der Waals surface area contributed by atoms with Gasteiger partial charge in [0, 0.05) is 11.3 Å². The summed E-state index contributed by atoms with van der Waals surface area (Å²) in [7, 11) is 2.82. The Kier molecular flexibility index (Phi) is 9.64. The molecule has 268 valence electrons. The Labute approximate surface area is 282 Å². The lowest BCUT2D eigenvalue weighted by Gasteiger charge is -2.61. The van der Waals surface area contributed by atoms with E-state index in [9.17, 15) is 40.4 Å². The van der Waals surface area contributed by atoms with Crippen molar-refractivity contribution in [1.82, 2.24) is 0 Å². The number of ether oxygens (including phenoxy) is 3.